The maximum absolute atomic E-state index is 13.0. The highest BCUT2D eigenvalue weighted by Gasteiger charge is 2.37. The van der Waals surface area contributed by atoms with Crippen LogP contribution in [0.2, 0.25) is 0 Å². The molecule has 2 aliphatic rings. The van der Waals surface area contributed by atoms with Crippen molar-refractivity contribution in [2.75, 3.05) is 13.2 Å². The van der Waals surface area contributed by atoms with Crippen LogP contribution < -0.4 is 5.49 Å². The number of fused-ring (bicyclic) bond motifs is 1. The fourth-order valence-corrected chi connectivity index (χ4v) is 4.23. The van der Waals surface area contributed by atoms with Crippen molar-refractivity contribution in [3.8, 4) is 0 Å². The molecule has 7 nitrogen and oxygen atoms in total. The lowest BCUT2D eigenvalue weighted by Crippen LogP contribution is -2.36. The Morgan fingerprint density at radius 3 is 2.55 bits per heavy atom. The molecule has 0 saturated carbocycles. The van der Waals surface area contributed by atoms with E-state index in [0.29, 0.717) is 24.2 Å². The monoisotopic (exact) mass is 441 g/mol. The topological polar surface area (TPSA) is 81.0 Å². The Balaban J connectivity index is 1.41. The van der Waals surface area contributed by atoms with E-state index < -0.39 is 5.91 Å². The van der Waals surface area contributed by atoms with Crippen molar-refractivity contribution in [1.29, 1.82) is 0 Å². The lowest BCUT2D eigenvalue weighted by molar-refractivity contribution is 0.0475. The first-order chi connectivity index (χ1) is 16.1. The molecular formula is C26H23N3O4. The highest BCUT2D eigenvalue weighted by Crippen LogP contribution is 2.26. The Kier molecular flexibility index (Phi) is 5.71. The van der Waals surface area contributed by atoms with Crippen LogP contribution in [-0.2, 0) is 11.3 Å². The summed E-state index contributed by atoms with van der Waals surface area (Å²) in [7, 11) is 0. The summed E-state index contributed by atoms with van der Waals surface area (Å²) in [6.07, 6.45) is 3.50. The van der Waals surface area contributed by atoms with Crippen molar-refractivity contribution >= 4 is 17.7 Å². The number of hydrogen-bond acceptors (Lipinski definition) is 4. The average molecular weight is 441 g/mol. The second kappa shape index (κ2) is 8.96. The van der Waals surface area contributed by atoms with Crippen molar-refractivity contribution < 1.29 is 19.1 Å². The highest BCUT2D eigenvalue weighted by molar-refractivity contribution is 6.22. The molecular weight excluding hydrogens is 418 g/mol. The molecule has 0 bridgehead atoms. The fourth-order valence-electron chi connectivity index (χ4n) is 4.23. The molecule has 1 aromatic heterocycles. The number of ether oxygens (including phenoxy) is 1. The molecule has 1 saturated heterocycles. The smallest absolute Gasteiger partial charge is 0.278 e. The standard InChI is InChI=1S/C26H23N3O4/c30-24(27-23-10-4-5-13-28(23)16-18-7-2-1-3-8-18)19-11-12-21-22(15-19)26(32)29(25(21)31)17-20-9-6-14-33-20/h1-5,7-8,10-13,15,20H,6,9,14,16-17H2. The molecule has 5 rings (SSSR count). The van der Waals surface area contributed by atoms with Crippen molar-refractivity contribution in [1.82, 2.24) is 9.47 Å². The maximum Gasteiger partial charge on any atom is 0.278 e. The van der Waals surface area contributed by atoms with Gasteiger partial charge in [-0.15, -0.1) is 0 Å². The zero-order chi connectivity index (χ0) is 22.8. The number of amides is 3. The number of nitrogens with zero attached hydrogens (tertiary/aromatic N) is 3. The number of benzene rings is 2. The Morgan fingerprint density at radius 1 is 0.970 bits per heavy atom. The van der Waals surface area contributed by atoms with Gasteiger partial charge < -0.3 is 9.30 Å². The molecule has 1 fully saturated rings. The van der Waals surface area contributed by atoms with Gasteiger partial charge in [0.25, 0.3) is 17.7 Å². The average Bonchev–Trinajstić information content (AvgIpc) is 3.44. The van der Waals surface area contributed by atoms with Gasteiger partial charge in [0.05, 0.1) is 23.8 Å². The van der Waals surface area contributed by atoms with Crippen LogP contribution in [0.3, 0.4) is 0 Å². The first kappa shape index (κ1) is 21.0. The summed E-state index contributed by atoms with van der Waals surface area (Å²) >= 11 is 0. The molecule has 2 aliphatic heterocycles. The van der Waals surface area contributed by atoms with Gasteiger partial charge in [-0.05, 0) is 48.7 Å². The number of hydrogen-bond donors (Lipinski definition) is 0. The third-order valence-corrected chi connectivity index (χ3v) is 5.96. The molecule has 3 aromatic rings. The summed E-state index contributed by atoms with van der Waals surface area (Å²) in [5.74, 6) is -1.20. The minimum Gasteiger partial charge on any atom is -0.376 e. The summed E-state index contributed by atoms with van der Waals surface area (Å²) < 4.78 is 7.46. The molecule has 2 aromatic carbocycles. The van der Waals surface area contributed by atoms with Gasteiger partial charge >= 0.3 is 0 Å². The van der Waals surface area contributed by atoms with E-state index in [-0.39, 0.29) is 35.6 Å². The van der Waals surface area contributed by atoms with E-state index in [1.807, 2.05) is 53.2 Å². The predicted molar refractivity (Wildman–Crippen MR) is 121 cm³/mol. The molecule has 0 N–H and O–H groups in total. The van der Waals surface area contributed by atoms with Crippen LogP contribution in [0.5, 0.6) is 0 Å². The second-order valence-electron chi connectivity index (χ2n) is 8.21. The van der Waals surface area contributed by atoms with Crippen LogP contribution in [0.1, 0.15) is 49.5 Å². The number of carbonyl (C=O) groups is 3. The van der Waals surface area contributed by atoms with Gasteiger partial charge in [0, 0.05) is 24.9 Å². The number of imide groups is 1. The third-order valence-electron chi connectivity index (χ3n) is 5.96. The van der Waals surface area contributed by atoms with Crippen LogP contribution in [0, 0.1) is 0 Å². The number of carbonyl (C=O) groups excluding carboxylic acids is 3. The van der Waals surface area contributed by atoms with Gasteiger partial charge in [0.15, 0.2) is 0 Å². The molecule has 1 atom stereocenters. The minimum absolute atomic E-state index is 0.124. The molecule has 0 aliphatic carbocycles. The summed E-state index contributed by atoms with van der Waals surface area (Å²) in [5, 5.41) is 0. The van der Waals surface area contributed by atoms with Gasteiger partial charge in [-0.3, -0.25) is 19.3 Å². The largest absolute Gasteiger partial charge is 0.376 e. The Labute approximate surface area is 191 Å². The molecule has 3 amide bonds. The highest BCUT2D eigenvalue weighted by atomic mass is 16.5. The van der Waals surface area contributed by atoms with Gasteiger partial charge in [-0.2, -0.15) is 4.99 Å². The number of aromatic nitrogens is 1. The van der Waals surface area contributed by atoms with Crippen molar-refractivity contribution in [3.05, 3.63) is 101 Å². The first-order valence-corrected chi connectivity index (χ1v) is 11.0. The van der Waals surface area contributed by atoms with Crippen LogP contribution in [0.15, 0.2) is 77.9 Å². The molecule has 1 unspecified atom stereocenters. The first-order valence-electron chi connectivity index (χ1n) is 11.0. The third kappa shape index (κ3) is 4.27. The second-order valence-corrected chi connectivity index (χ2v) is 8.21. The van der Waals surface area contributed by atoms with Crippen molar-refractivity contribution in [2.45, 2.75) is 25.5 Å². The number of rotatable bonds is 5. The van der Waals surface area contributed by atoms with E-state index in [0.717, 1.165) is 18.4 Å². The van der Waals surface area contributed by atoms with Crippen LogP contribution in [0.25, 0.3) is 0 Å². The SMILES string of the molecule is O=C(N=c1ccccn1Cc1ccccc1)c1ccc2c(c1)C(=O)N(CC1CCCO1)C2=O. The maximum atomic E-state index is 13.0. The van der Waals surface area contributed by atoms with Gasteiger partial charge in [-0.1, -0.05) is 36.4 Å². The molecule has 33 heavy (non-hydrogen) atoms. The van der Waals surface area contributed by atoms with Crippen molar-refractivity contribution in [3.63, 3.8) is 0 Å². The lowest BCUT2D eigenvalue weighted by Gasteiger charge is -2.17. The van der Waals surface area contributed by atoms with E-state index >= 15 is 0 Å². The van der Waals surface area contributed by atoms with Crippen LogP contribution in [-0.4, -0.2) is 46.4 Å². The predicted octanol–water partition coefficient (Wildman–Crippen LogP) is 3.05. The summed E-state index contributed by atoms with van der Waals surface area (Å²) in [6, 6.07) is 19.9. The van der Waals surface area contributed by atoms with E-state index in [2.05, 4.69) is 4.99 Å². The quantitative estimate of drug-likeness (QED) is 0.570. The normalized spacial score (nSPS) is 18.1. The zero-order valence-electron chi connectivity index (χ0n) is 18.0. The summed E-state index contributed by atoms with van der Waals surface area (Å²) in [4.78, 5) is 44.1. The van der Waals surface area contributed by atoms with E-state index in [9.17, 15) is 14.4 Å². The molecule has 0 spiro atoms. The lowest BCUT2D eigenvalue weighted by atomic mass is 10.1. The zero-order valence-corrected chi connectivity index (χ0v) is 18.0. The molecule has 166 valence electrons. The van der Waals surface area contributed by atoms with E-state index in [1.165, 1.54) is 17.0 Å². The summed E-state index contributed by atoms with van der Waals surface area (Å²) in [6.45, 7) is 1.46. The van der Waals surface area contributed by atoms with Crippen LogP contribution in [0.4, 0.5) is 0 Å². The summed E-state index contributed by atoms with van der Waals surface area (Å²) in [5.41, 5.74) is 2.42. The van der Waals surface area contributed by atoms with Gasteiger partial charge in [0.2, 0.25) is 0 Å². The Hall–Kier alpha value is -3.84. The van der Waals surface area contributed by atoms with Crippen molar-refractivity contribution in [2.24, 2.45) is 4.99 Å². The molecule has 3 heterocycles. The van der Waals surface area contributed by atoms with Gasteiger partial charge in [0.1, 0.15) is 5.49 Å². The number of pyridine rings is 1. The van der Waals surface area contributed by atoms with E-state index in [4.69, 9.17) is 4.74 Å². The Bertz CT molecular complexity index is 1290. The Morgan fingerprint density at radius 2 is 1.76 bits per heavy atom. The van der Waals surface area contributed by atoms with Gasteiger partial charge in [-0.25, -0.2) is 0 Å². The van der Waals surface area contributed by atoms with Crippen LogP contribution >= 0.6 is 0 Å². The minimum atomic E-state index is -0.469. The fraction of sp³-hybridized carbons (Fsp3) is 0.231. The molecule has 0 radical (unpaired) electrons. The van der Waals surface area contributed by atoms with E-state index in [1.54, 1.807) is 12.1 Å². The molecule has 7 heteroatoms.